The molecular formula is C10H18O4. The van der Waals surface area contributed by atoms with E-state index in [1.54, 1.807) is 13.8 Å². The van der Waals surface area contributed by atoms with Crippen LogP contribution in [-0.4, -0.2) is 28.1 Å². The van der Waals surface area contributed by atoms with Gasteiger partial charge in [0, 0.05) is 11.8 Å². The normalized spacial score (nSPS) is 13.7. The van der Waals surface area contributed by atoms with Crippen LogP contribution >= 0.6 is 0 Å². The maximum atomic E-state index is 11.5. The molecule has 0 fully saturated rings. The summed E-state index contributed by atoms with van der Waals surface area (Å²) >= 11 is 0. The summed E-state index contributed by atoms with van der Waals surface area (Å²) in [7, 11) is 0. The lowest BCUT2D eigenvalue weighted by atomic mass is 9.81. The van der Waals surface area contributed by atoms with Crippen molar-refractivity contribution in [1.29, 1.82) is 0 Å². The van der Waals surface area contributed by atoms with E-state index in [1.807, 2.05) is 6.92 Å². The third-order valence-electron chi connectivity index (χ3n) is 2.29. The van der Waals surface area contributed by atoms with E-state index in [1.165, 1.54) is 0 Å². The van der Waals surface area contributed by atoms with Gasteiger partial charge in [0.2, 0.25) is 0 Å². The van der Waals surface area contributed by atoms with Crippen molar-refractivity contribution >= 4 is 11.8 Å². The van der Waals surface area contributed by atoms with Gasteiger partial charge in [0.25, 0.3) is 0 Å². The number of carbonyl (C=O) groups excluding carboxylic acids is 1. The first kappa shape index (κ1) is 13.1. The molecule has 0 aromatic carbocycles. The summed E-state index contributed by atoms with van der Waals surface area (Å²) in [6, 6.07) is 0. The number of ketones is 1. The van der Waals surface area contributed by atoms with Crippen molar-refractivity contribution in [2.75, 3.05) is 0 Å². The molecule has 0 saturated carbocycles. The van der Waals surface area contributed by atoms with E-state index in [2.05, 4.69) is 0 Å². The number of Topliss-reactive ketones (excluding diaryl/α,β-unsaturated/α-hetero) is 1. The van der Waals surface area contributed by atoms with Crippen molar-refractivity contribution in [1.82, 2.24) is 0 Å². The van der Waals surface area contributed by atoms with Gasteiger partial charge in [-0.15, -0.1) is 0 Å². The number of aliphatic hydroxyl groups excluding tert-OH is 1. The minimum atomic E-state index is -1.57. The van der Waals surface area contributed by atoms with Gasteiger partial charge >= 0.3 is 5.97 Å². The lowest BCUT2D eigenvalue weighted by molar-refractivity contribution is -0.150. The molecule has 0 bridgehead atoms. The molecule has 0 heterocycles. The lowest BCUT2D eigenvalue weighted by Gasteiger charge is -2.22. The number of rotatable bonds is 6. The van der Waals surface area contributed by atoms with Crippen LogP contribution in [0.2, 0.25) is 0 Å². The molecule has 4 heteroatoms. The summed E-state index contributed by atoms with van der Waals surface area (Å²) in [6.45, 7) is 5.50. The largest absolute Gasteiger partial charge is 0.479 e. The molecule has 0 spiro atoms. The standard InChI is InChI=1S/C10H18O4/c1-4-5-10(2,3)8(12)6-7(11)9(13)14/h7,11H,4-6H2,1-3H3,(H,13,14)/t7-/m0/s1. The highest BCUT2D eigenvalue weighted by Gasteiger charge is 2.29. The maximum Gasteiger partial charge on any atom is 0.332 e. The van der Waals surface area contributed by atoms with Gasteiger partial charge in [0.15, 0.2) is 6.10 Å². The molecule has 0 aliphatic heterocycles. The lowest BCUT2D eigenvalue weighted by Crippen LogP contribution is -2.31. The molecule has 0 amide bonds. The highest BCUT2D eigenvalue weighted by atomic mass is 16.4. The molecule has 0 aromatic rings. The van der Waals surface area contributed by atoms with Crippen LogP contribution in [0.15, 0.2) is 0 Å². The number of carboxylic acid groups (broad SMARTS) is 1. The molecule has 14 heavy (non-hydrogen) atoms. The number of aliphatic carboxylic acids is 1. The number of hydrogen-bond acceptors (Lipinski definition) is 3. The summed E-state index contributed by atoms with van der Waals surface area (Å²) in [5, 5.41) is 17.4. The fourth-order valence-electron chi connectivity index (χ4n) is 1.30. The predicted octanol–water partition coefficient (Wildman–Crippen LogP) is 1.22. The van der Waals surface area contributed by atoms with Crippen molar-refractivity contribution in [3.63, 3.8) is 0 Å². The van der Waals surface area contributed by atoms with Gasteiger partial charge in [-0.1, -0.05) is 27.2 Å². The average molecular weight is 202 g/mol. The fraction of sp³-hybridized carbons (Fsp3) is 0.800. The van der Waals surface area contributed by atoms with Crippen LogP contribution in [0.25, 0.3) is 0 Å². The number of carboxylic acids is 1. The summed E-state index contributed by atoms with van der Waals surface area (Å²) in [6.07, 6.45) is -0.304. The molecule has 1 atom stereocenters. The quantitative estimate of drug-likeness (QED) is 0.679. The summed E-state index contributed by atoms with van der Waals surface area (Å²) in [4.78, 5) is 21.9. The summed E-state index contributed by atoms with van der Waals surface area (Å²) in [5.74, 6) is -1.54. The van der Waals surface area contributed by atoms with Gasteiger partial charge in [0.05, 0.1) is 0 Å². The highest BCUT2D eigenvalue weighted by Crippen LogP contribution is 2.25. The molecule has 82 valence electrons. The van der Waals surface area contributed by atoms with E-state index in [0.29, 0.717) is 6.42 Å². The van der Waals surface area contributed by atoms with E-state index in [9.17, 15) is 9.59 Å². The van der Waals surface area contributed by atoms with Crippen LogP contribution < -0.4 is 0 Å². The SMILES string of the molecule is CCCC(C)(C)C(=O)C[C@H](O)C(=O)O. The van der Waals surface area contributed by atoms with Crippen LogP contribution in [0.1, 0.15) is 40.0 Å². The van der Waals surface area contributed by atoms with Crippen LogP contribution in [0.4, 0.5) is 0 Å². The van der Waals surface area contributed by atoms with Gasteiger partial charge in [0.1, 0.15) is 5.78 Å². The molecule has 0 aromatic heterocycles. The van der Waals surface area contributed by atoms with Crippen molar-refractivity contribution in [3.05, 3.63) is 0 Å². The second-order valence-electron chi connectivity index (χ2n) is 4.12. The van der Waals surface area contributed by atoms with Gasteiger partial charge in [-0.25, -0.2) is 4.79 Å². The molecule has 4 nitrogen and oxygen atoms in total. The Morgan fingerprint density at radius 3 is 2.21 bits per heavy atom. The third kappa shape index (κ3) is 3.87. The third-order valence-corrected chi connectivity index (χ3v) is 2.29. The molecular weight excluding hydrogens is 184 g/mol. The Kier molecular flexibility index (Phi) is 4.77. The zero-order valence-electron chi connectivity index (χ0n) is 8.91. The molecule has 0 aliphatic rings. The van der Waals surface area contributed by atoms with Crippen LogP contribution in [0.3, 0.4) is 0 Å². The zero-order chi connectivity index (χ0) is 11.4. The first-order chi connectivity index (χ1) is 6.31. The first-order valence-electron chi connectivity index (χ1n) is 4.75. The van der Waals surface area contributed by atoms with Crippen molar-refractivity contribution in [2.24, 2.45) is 5.41 Å². The van der Waals surface area contributed by atoms with Crippen molar-refractivity contribution in [3.8, 4) is 0 Å². The van der Waals surface area contributed by atoms with Gasteiger partial charge < -0.3 is 10.2 Å². The Balaban J connectivity index is 4.26. The van der Waals surface area contributed by atoms with Gasteiger partial charge in [-0.3, -0.25) is 4.79 Å². The van der Waals surface area contributed by atoms with Crippen molar-refractivity contribution in [2.45, 2.75) is 46.1 Å². The van der Waals surface area contributed by atoms with E-state index >= 15 is 0 Å². The number of hydrogen-bond donors (Lipinski definition) is 2. The zero-order valence-corrected chi connectivity index (χ0v) is 8.91. The van der Waals surface area contributed by atoms with Crippen LogP contribution in [0, 0.1) is 5.41 Å². The second-order valence-corrected chi connectivity index (χ2v) is 4.12. The minimum Gasteiger partial charge on any atom is -0.479 e. The summed E-state index contributed by atoms with van der Waals surface area (Å²) < 4.78 is 0. The molecule has 0 saturated heterocycles. The Morgan fingerprint density at radius 2 is 1.86 bits per heavy atom. The Morgan fingerprint density at radius 1 is 1.36 bits per heavy atom. The van der Waals surface area contributed by atoms with Gasteiger partial charge in [-0.05, 0) is 6.42 Å². The monoisotopic (exact) mass is 202 g/mol. The van der Waals surface area contributed by atoms with Crippen LogP contribution in [0.5, 0.6) is 0 Å². The number of carbonyl (C=O) groups is 2. The minimum absolute atomic E-state index is 0.200. The van der Waals surface area contributed by atoms with E-state index in [4.69, 9.17) is 10.2 Å². The topological polar surface area (TPSA) is 74.6 Å². The first-order valence-corrected chi connectivity index (χ1v) is 4.75. The Hall–Kier alpha value is -0.900. The smallest absolute Gasteiger partial charge is 0.332 e. The highest BCUT2D eigenvalue weighted by molar-refractivity contribution is 5.88. The average Bonchev–Trinajstić information content (AvgIpc) is 2.03. The molecule has 0 unspecified atom stereocenters. The van der Waals surface area contributed by atoms with E-state index < -0.39 is 17.5 Å². The maximum absolute atomic E-state index is 11.5. The van der Waals surface area contributed by atoms with Crippen LogP contribution in [-0.2, 0) is 9.59 Å². The molecule has 0 radical (unpaired) electrons. The second kappa shape index (κ2) is 5.10. The molecule has 0 rings (SSSR count). The number of aliphatic hydroxyl groups is 1. The van der Waals surface area contributed by atoms with Gasteiger partial charge in [-0.2, -0.15) is 0 Å². The van der Waals surface area contributed by atoms with Crippen molar-refractivity contribution < 1.29 is 19.8 Å². The Labute approximate surface area is 83.9 Å². The fourth-order valence-corrected chi connectivity index (χ4v) is 1.30. The Bertz CT molecular complexity index is 220. The molecule has 0 aliphatic carbocycles. The van der Waals surface area contributed by atoms with E-state index in [0.717, 1.165) is 6.42 Å². The molecule has 2 N–H and O–H groups in total. The predicted molar refractivity (Wildman–Crippen MR) is 52.0 cm³/mol. The summed E-state index contributed by atoms with van der Waals surface area (Å²) in [5.41, 5.74) is -0.537. The van der Waals surface area contributed by atoms with E-state index in [-0.39, 0.29) is 12.2 Å².